The summed E-state index contributed by atoms with van der Waals surface area (Å²) in [4.78, 5) is 22.8. The maximum atomic E-state index is 13.4. The van der Waals surface area contributed by atoms with E-state index in [9.17, 15) is 9.90 Å². The second kappa shape index (κ2) is 9.87. The number of carbonyl (C=O) groups excluding carboxylic acids is 1. The predicted octanol–water partition coefficient (Wildman–Crippen LogP) is 4.51. The van der Waals surface area contributed by atoms with E-state index in [1.165, 1.54) is 10.2 Å². The van der Waals surface area contributed by atoms with Crippen LogP contribution in [0.25, 0.3) is 22.2 Å². The van der Waals surface area contributed by atoms with Crippen molar-refractivity contribution in [1.29, 1.82) is 0 Å². The third-order valence-electron chi connectivity index (χ3n) is 5.98. The molecule has 0 aliphatic rings. The minimum absolute atomic E-state index is 0.0836. The van der Waals surface area contributed by atoms with Crippen molar-refractivity contribution in [3.63, 3.8) is 0 Å². The molecule has 2 heterocycles. The summed E-state index contributed by atoms with van der Waals surface area (Å²) in [5.41, 5.74) is 10.7. The van der Waals surface area contributed by atoms with Crippen LogP contribution >= 0.6 is 0 Å². The molecule has 0 aliphatic heterocycles. The lowest BCUT2D eigenvalue weighted by molar-refractivity contribution is 0.0940. The second-order valence-electron chi connectivity index (χ2n) is 8.69. The van der Waals surface area contributed by atoms with Gasteiger partial charge in [-0.05, 0) is 55.2 Å². The highest BCUT2D eigenvalue weighted by Gasteiger charge is 2.25. The van der Waals surface area contributed by atoms with E-state index in [-0.39, 0.29) is 29.1 Å². The summed E-state index contributed by atoms with van der Waals surface area (Å²) in [5.74, 6) is -0.0574. The number of fused-ring (bicyclic) bond motifs is 2. The van der Waals surface area contributed by atoms with Crippen LogP contribution in [0.4, 0.5) is 5.82 Å². The summed E-state index contributed by atoms with van der Waals surface area (Å²) >= 11 is 0. The summed E-state index contributed by atoms with van der Waals surface area (Å²) in [7, 11) is 0. The fourth-order valence-corrected chi connectivity index (χ4v) is 4.11. The molecule has 0 bridgehead atoms. The van der Waals surface area contributed by atoms with Crippen LogP contribution in [0, 0.1) is 0 Å². The highest BCUT2D eigenvalue weighted by molar-refractivity contribution is 6.10. The van der Waals surface area contributed by atoms with Crippen molar-refractivity contribution in [1.82, 2.24) is 20.0 Å². The summed E-state index contributed by atoms with van der Waals surface area (Å²) in [6.07, 6.45) is 3.17. The zero-order chi connectivity index (χ0) is 25.1. The molecule has 0 aliphatic carbocycles. The van der Waals surface area contributed by atoms with Gasteiger partial charge in [0.1, 0.15) is 22.6 Å². The molecular weight excluding hydrogens is 452 g/mol. The number of aromatic nitrogens is 3. The summed E-state index contributed by atoms with van der Waals surface area (Å²) < 4.78 is 1.42. The zero-order valence-corrected chi connectivity index (χ0v) is 19.8. The van der Waals surface area contributed by atoms with E-state index in [0.29, 0.717) is 27.8 Å². The van der Waals surface area contributed by atoms with Crippen molar-refractivity contribution < 1.29 is 9.90 Å². The predicted molar refractivity (Wildman–Crippen MR) is 142 cm³/mol. The molecule has 0 saturated heterocycles. The molecule has 8 nitrogen and oxygen atoms in total. The Kier molecular flexibility index (Phi) is 6.32. The average Bonchev–Trinajstić information content (AvgIpc) is 3.15. The normalized spacial score (nSPS) is 12.4. The number of benzene rings is 3. The number of amides is 1. The second-order valence-corrected chi connectivity index (χ2v) is 8.69. The van der Waals surface area contributed by atoms with E-state index in [1.807, 2.05) is 49.4 Å². The average molecular weight is 479 g/mol. The van der Waals surface area contributed by atoms with Gasteiger partial charge in [-0.3, -0.25) is 4.79 Å². The van der Waals surface area contributed by atoms with E-state index >= 15 is 0 Å². The number of nitrogens with two attached hydrogens (primary N) is 1. The number of nitrogen functional groups attached to an aromatic ring is 1. The summed E-state index contributed by atoms with van der Waals surface area (Å²) in [5, 5.41) is 17.3. The number of nitrogens with zero attached hydrogens (tertiary/aromatic N) is 4. The lowest BCUT2D eigenvalue weighted by atomic mass is 10.1. The fraction of sp³-hybridized carbons (Fsp3) is 0.143. The quantitative estimate of drug-likeness (QED) is 0.298. The molecule has 2 aromatic heterocycles. The van der Waals surface area contributed by atoms with Crippen molar-refractivity contribution >= 4 is 40.1 Å². The number of hydrogen-bond acceptors (Lipinski definition) is 6. The van der Waals surface area contributed by atoms with E-state index in [4.69, 9.17) is 15.7 Å². The zero-order valence-electron chi connectivity index (χ0n) is 19.8. The Morgan fingerprint density at radius 1 is 1.06 bits per heavy atom. The van der Waals surface area contributed by atoms with Crippen LogP contribution in [0.1, 0.15) is 34.8 Å². The van der Waals surface area contributed by atoms with Crippen LogP contribution in [-0.2, 0) is 6.42 Å². The molecule has 8 heteroatoms. The maximum absolute atomic E-state index is 13.4. The van der Waals surface area contributed by atoms with Gasteiger partial charge in [-0.2, -0.15) is 9.78 Å². The van der Waals surface area contributed by atoms with Crippen molar-refractivity contribution in [2.45, 2.75) is 25.8 Å². The Morgan fingerprint density at radius 3 is 2.53 bits per heavy atom. The maximum Gasteiger partial charge on any atom is 0.257 e. The molecule has 1 amide bonds. The number of nitrogens with one attached hydrogen (secondary N) is 1. The molecule has 1 atom stereocenters. The third kappa shape index (κ3) is 4.74. The van der Waals surface area contributed by atoms with E-state index < -0.39 is 0 Å². The minimum Gasteiger partial charge on any atom is -0.508 e. The van der Waals surface area contributed by atoms with Gasteiger partial charge in [0.05, 0.1) is 17.2 Å². The molecular formula is C28H26N6O2. The van der Waals surface area contributed by atoms with Gasteiger partial charge in [-0.15, -0.1) is 0 Å². The number of aromatic hydroxyl groups is 1. The molecule has 0 saturated carbocycles. The van der Waals surface area contributed by atoms with E-state index in [1.54, 1.807) is 30.5 Å². The molecule has 0 fully saturated rings. The van der Waals surface area contributed by atoms with Gasteiger partial charge >= 0.3 is 0 Å². The highest BCUT2D eigenvalue weighted by Crippen LogP contribution is 2.28. The number of phenolic OH excluding ortho intramolecular Hbond substituents is 1. The monoisotopic (exact) mass is 478 g/mol. The van der Waals surface area contributed by atoms with E-state index in [2.05, 4.69) is 22.6 Å². The van der Waals surface area contributed by atoms with Crippen LogP contribution < -0.4 is 11.1 Å². The number of aryl methyl sites for hydroxylation is 1. The Labute approximate surface area is 208 Å². The van der Waals surface area contributed by atoms with Gasteiger partial charge in [0.2, 0.25) is 0 Å². The van der Waals surface area contributed by atoms with Crippen LogP contribution in [-0.4, -0.2) is 37.9 Å². The largest absolute Gasteiger partial charge is 0.508 e. The minimum atomic E-state index is -0.325. The van der Waals surface area contributed by atoms with Crippen LogP contribution in [0.15, 0.2) is 84.0 Å². The van der Waals surface area contributed by atoms with Crippen LogP contribution in [0.5, 0.6) is 5.75 Å². The van der Waals surface area contributed by atoms with Crippen molar-refractivity contribution in [3.8, 4) is 5.75 Å². The van der Waals surface area contributed by atoms with E-state index in [0.717, 1.165) is 12.8 Å². The van der Waals surface area contributed by atoms with Gasteiger partial charge < -0.3 is 16.2 Å². The summed E-state index contributed by atoms with van der Waals surface area (Å²) in [6, 6.07) is 24.2. The molecule has 0 radical (unpaired) electrons. The highest BCUT2D eigenvalue weighted by atomic mass is 16.3. The first-order valence-electron chi connectivity index (χ1n) is 11.7. The fourth-order valence-electron chi connectivity index (χ4n) is 4.11. The molecule has 180 valence electrons. The molecule has 5 rings (SSSR count). The molecule has 36 heavy (non-hydrogen) atoms. The number of carbonyl (C=O) groups is 1. The SMILES string of the molecule is CC(CCc1ccccc1)NC(=O)c1c(N)n(/N=C/c2cccc(O)c2)c2nc3ccccc3nc12. The van der Waals surface area contributed by atoms with Gasteiger partial charge in [0.25, 0.3) is 5.91 Å². The number of para-hydroxylation sites is 2. The first-order chi connectivity index (χ1) is 17.5. The van der Waals surface area contributed by atoms with Gasteiger partial charge in [-0.25, -0.2) is 9.97 Å². The Morgan fingerprint density at radius 2 is 1.78 bits per heavy atom. The van der Waals surface area contributed by atoms with Gasteiger partial charge in [0, 0.05) is 6.04 Å². The molecule has 5 aromatic rings. The lowest BCUT2D eigenvalue weighted by Gasteiger charge is -2.14. The standard InChI is InChI=1S/C28H26N6O2/c1-18(14-15-19-8-3-2-4-9-19)31-28(36)24-25-27(33-23-13-6-5-12-22(23)32-25)34(26(24)29)30-17-20-10-7-11-21(35)16-20/h2-13,16-18,35H,14-15,29H2,1H3,(H,31,36)/b30-17+. The van der Waals surface area contributed by atoms with Gasteiger partial charge in [-0.1, -0.05) is 54.6 Å². The Hall–Kier alpha value is -4.72. The molecule has 3 aromatic carbocycles. The number of anilines is 1. The van der Waals surface area contributed by atoms with Crippen molar-refractivity contribution in [2.24, 2.45) is 5.10 Å². The summed E-state index contributed by atoms with van der Waals surface area (Å²) in [6.45, 7) is 1.97. The third-order valence-corrected chi connectivity index (χ3v) is 5.98. The Bertz CT molecular complexity index is 1580. The van der Waals surface area contributed by atoms with Crippen LogP contribution in [0.3, 0.4) is 0 Å². The number of phenols is 1. The van der Waals surface area contributed by atoms with Crippen molar-refractivity contribution in [3.05, 3.63) is 95.6 Å². The molecule has 4 N–H and O–H groups in total. The number of hydrogen-bond donors (Lipinski definition) is 3. The topological polar surface area (TPSA) is 118 Å². The molecule has 1 unspecified atom stereocenters. The smallest absolute Gasteiger partial charge is 0.257 e. The Balaban J connectivity index is 1.50. The first-order valence-corrected chi connectivity index (χ1v) is 11.7. The number of rotatable bonds is 7. The lowest BCUT2D eigenvalue weighted by Crippen LogP contribution is -2.33. The first kappa shape index (κ1) is 23.0. The van der Waals surface area contributed by atoms with Crippen LogP contribution in [0.2, 0.25) is 0 Å². The molecule has 0 spiro atoms. The van der Waals surface area contributed by atoms with Gasteiger partial charge in [0.15, 0.2) is 5.65 Å². The van der Waals surface area contributed by atoms with Crippen molar-refractivity contribution in [2.75, 3.05) is 5.73 Å².